The van der Waals surface area contributed by atoms with E-state index in [1.54, 1.807) is 0 Å². The van der Waals surface area contributed by atoms with Crippen molar-refractivity contribution in [2.75, 3.05) is 13.2 Å². The molecule has 0 aromatic rings. The van der Waals surface area contributed by atoms with E-state index in [1.807, 2.05) is 0 Å². The van der Waals surface area contributed by atoms with E-state index in [-0.39, 0.29) is 31.6 Å². The maximum Gasteiger partial charge on any atom is 0.306 e. The first kappa shape index (κ1) is 66.5. The minimum Gasteiger partial charge on any atom is -0.462 e. The first-order valence-electron chi connectivity index (χ1n) is 27.6. The van der Waals surface area contributed by atoms with Gasteiger partial charge >= 0.3 is 11.9 Å². The van der Waals surface area contributed by atoms with Crippen LogP contribution in [0.15, 0.2) is 207 Å². The van der Waals surface area contributed by atoms with Crippen LogP contribution in [0.4, 0.5) is 0 Å². The summed E-state index contributed by atoms with van der Waals surface area (Å²) in [6.07, 6.45) is 97.8. The number of aliphatic hydroxyl groups is 1. The summed E-state index contributed by atoms with van der Waals surface area (Å²) in [5, 5.41) is 9.64. The zero-order chi connectivity index (χ0) is 52.0. The van der Waals surface area contributed by atoms with Crippen LogP contribution >= 0.6 is 0 Å². The lowest BCUT2D eigenvalue weighted by molar-refractivity contribution is -0.161. The SMILES string of the molecule is CC/C=C\C/C=C\C/C=C\C/C=C\C/C=C\C/C=C\C/C=C\C/C=C\C/C=C\CCCC(=O)OC(CO)COC(=O)CCCCCC/C=C\C/C=C\C/C=C\C/C=C\C/C=C\C/C=C\C/C=C\C/C=C\CC. The van der Waals surface area contributed by atoms with Crippen LogP contribution in [0.3, 0.4) is 0 Å². The van der Waals surface area contributed by atoms with Gasteiger partial charge in [-0.3, -0.25) is 9.59 Å². The maximum absolute atomic E-state index is 12.3. The van der Waals surface area contributed by atoms with Crippen molar-refractivity contribution in [1.82, 2.24) is 0 Å². The van der Waals surface area contributed by atoms with Gasteiger partial charge in [-0.1, -0.05) is 233 Å². The summed E-state index contributed by atoms with van der Waals surface area (Å²) in [5.74, 6) is -0.712. The van der Waals surface area contributed by atoms with Crippen LogP contribution in [0, 0.1) is 0 Å². The lowest BCUT2D eigenvalue weighted by atomic mass is 10.1. The van der Waals surface area contributed by atoms with Crippen LogP contribution in [0.2, 0.25) is 0 Å². The van der Waals surface area contributed by atoms with E-state index in [0.29, 0.717) is 12.8 Å². The molecule has 0 aromatic heterocycles. The zero-order valence-corrected chi connectivity index (χ0v) is 45.1. The number of carbonyl (C=O) groups excluding carboxylic acids is 2. The molecule has 1 N–H and O–H groups in total. The molecular weight excluding hydrogens is 885 g/mol. The number of aliphatic hydroxyl groups excluding tert-OH is 1. The quantitative estimate of drug-likeness (QED) is 0.0374. The number of hydrogen-bond donors (Lipinski definition) is 1. The third kappa shape index (κ3) is 57.1. The van der Waals surface area contributed by atoms with E-state index in [4.69, 9.17) is 9.47 Å². The van der Waals surface area contributed by atoms with Crippen LogP contribution < -0.4 is 0 Å². The number of unbranched alkanes of at least 4 members (excludes halogenated alkanes) is 5. The summed E-state index contributed by atoms with van der Waals surface area (Å²) in [4.78, 5) is 24.5. The minimum absolute atomic E-state index is 0.119. The number of ether oxygens (including phenoxy) is 2. The normalized spacial score (nSPS) is 13.9. The highest BCUT2D eigenvalue weighted by atomic mass is 16.6. The second-order valence-corrected chi connectivity index (χ2v) is 17.2. The Kier molecular flexibility index (Phi) is 55.2. The predicted molar refractivity (Wildman–Crippen MR) is 315 cm³/mol. The molecule has 0 saturated carbocycles. The van der Waals surface area contributed by atoms with Gasteiger partial charge in [0, 0.05) is 12.8 Å². The second-order valence-electron chi connectivity index (χ2n) is 17.2. The highest BCUT2D eigenvalue weighted by Crippen LogP contribution is 2.09. The van der Waals surface area contributed by atoms with Crippen molar-refractivity contribution in [2.24, 2.45) is 0 Å². The van der Waals surface area contributed by atoms with Gasteiger partial charge in [-0.05, 0) is 141 Å². The standard InChI is InChI=1S/C67H98O5/c1-3-5-7-9-11-13-15-17-19-21-23-25-27-29-31-33-35-37-39-41-43-45-47-49-51-53-55-57-59-61-66(69)71-64-65(63-68)72-67(70)62-60-58-56-54-52-50-48-46-44-42-40-38-36-34-32-30-28-26-24-22-20-18-16-14-12-10-8-6-4-2/h5-8,11-14,17-20,23-26,29-32,35-38,41-44,47-50,54,56,65,68H,3-4,9-10,15-16,21-22,27-28,33-34,39-40,45-46,51-53,55,57-64H2,1-2H3/b7-5-,8-6-,13-11-,14-12-,19-17-,20-18-,25-23-,26-24-,31-29-,32-30-,37-35-,38-36-,43-41-,44-42-,49-47-,50-48-,56-54-. The molecule has 0 fully saturated rings. The molecule has 0 aliphatic carbocycles. The van der Waals surface area contributed by atoms with E-state index >= 15 is 0 Å². The lowest BCUT2D eigenvalue weighted by Gasteiger charge is -2.15. The van der Waals surface area contributed by atoms with Gasteiger partial charge in [-0.2, -0.15) is 0 Å². The number of esters is 2. The van der Waals surface area contributed by atoms with Gasteiger partial charge in [0.15, 0.2) is 6.10 Å². The molecule has 0 aliphatic heterocycles. The fourth-order valence-corrected chi connectivity index (χ4v) is 6.51. The highest BCUT2D eigenvalue weighted by Gasteiger charge is 2.16. The van der Waals surface area contributed by atoms with Crippen LogP contribution in [-0.2, 0) is 19.1 Å². The number of hydrogen-bond acceptors (Lipinski definition) is 5. The van der Waals surface area contributed by atoms with Gasteiger partial charge in [0.05, 0.1) is 6.61 Å². The molecule has 396 valence electrons. The van der Waals surface area contributed by atoms with Crippen molar-refractivity contribution in [1.29, 1.82) is 0 Å². The Morgan fingerprint density at radius 1 is 0.319 bits per heavy atom. The van der Waals surface area contributed by atoms with Gasteiger partial charge in [-0.15, -0.1) is 0 Å². The Labute approximate surface area is 440 Å². The topological polar surface area (TPSA) is 72.8 Å². The van der Waals surface area contributed by atoms with Gasteiger partial charge in [0.2, 0.25) is 0 Å². The minimum atomic E-state index is -0.833. The molecule has 1 unspecified atom stereocenters. The molecule has 0 bridgehead atoms. The predicted octanol–water partition coefficient (Wildman–Crippen LogP) is 19.1. The average molecular weight is 984 g/mol. The summed E-state index contributed by atoms with van der Waals surface area (Å²) in [6, 6.07) is 0. The van der Waals surface area contributed by atoms with Gasteiger partial charge < -0.3 is 14.6 Å². The summed E-state index contributed by atoms with van der Waals surface area (Å²) in [6.45, 7) is 3.82. The molecule has 0 amide bonds. The third-order valence-corrected chi connectivity index (χ3v) is 10.6. The van der Waals surface area contributed by atoms with Crippen LogP contribution in [0.1, 0.15) is 181 Å². The molecule has 72 heavy (non-hydrogen) atoms. The Hall–Kier alpha value is -5.52. The highest BCUT2D eigenvalue weighted by molar-refractivity contribution is 5.70. The van der Waals surface area contributed by atoms with E-state index in [2.05, 4.69) is 220 Å². The zero-order valence-electron chi connectivity index (χ0n) is 45.1. The van der Waals surface area contributed by atoms with Crippen molar-refractivity contribution in [2.45, 2.75) is 187 Å². The van der Waals surface area contributed by atoms with E-state index in [9.17, 15) is 14.7 Å². The fourth-order valence-electron chi connectivity index (χ4n) is 6.51. The number of carbonyl (C=O) groups is 2. The second kappa shape index (κ2) is 59.8. The van der Waals surface area contributed by atoms with Crippen LogP contribution in [0.25, 0.3) is 0 Å². The molecule has 0 radical (unpaired) electrons. The Morgan fingerprint density at radius 2 is 0.569 bits per heavy atom. The summed E-state index contributed by atoms with van der Waals surface area (Å²) < 4.78 is 10.6. The third-order valence-electron chi connectivity index (χ3n) is 10.6. The van der Waals surface area contributed by atoms with Gasteiger partial charge in [-0.25, -0.2) is 0 Å². The first-order valence-corrected chi connectivity index (χ1v) is 27.6. The van der Waals surface area contributed by atoms with E-state index in [0.717, 1.165) is 148 Å². The van der Waals surface area contributed by atoms with Crippen molar-refractivity contribution < 1.29 is 24.2 Å². The van der Waals surface area contributed by atoms with E-state index < -0.39 is 6.10 Å². The molecular formula is C67H98O5. The molecule has 0 aliphatic rings. The van der Waals surface area contributed by atoms with Crippen LogP contribution in [-0.4, -0.2) is 36.4 Å². The lowest BCUT2D eigenvalue weighted by Crippen LogP contribution is -2.28. The van der Waals surface area contributed by atoms with Crippen molar-refractivity contribution in [3.8, 4) is 0 Å². The van der Waals surface area contributed by atoms with E-state index in [1.165, 1.54) is 0 Å². The molecule has 0 spiro atoms. The summed E-state index contributed by atoms with van der Waals surface area (Å²) >= 11 is 0. The molecule has 0 saturated heterocycles. The monoisotopic (exact) mass is 983 g/mol. The fraction of sp³-hybridized carbons (Fsp3) is 0.463. The van der Waals surface area contributed by atoms with Crippen molar-refractivity contribution in [3.05, 3.63) is 207 Å². The number of rotatable bonds is 47. The van der Waals surface area contributed by atoms with Gasteiger partial charge in [0.25, 0.3) is 0 Å². The Bertz CT molecular complexity index is 1780. The molecule has 1 atom stereocenters. The maximum atomic E-state index is 12.3. The molecule has 0 aromatic carbocycles. The molecule has 0 heterocycles. The average Bonchev–Trinajstić information content (AvgIpc) is 3.38. The van der Waals surface area contributed by atoms with Gasteiger partial charge in [0.1, 0.15) is 6.61 Å². The smallest absolute Gasteiger partial charge is 0.306 e. The first-order chi connectivity index (χ1) is 35.6. The molecule has 5 heteroatoms. The van der Waals surface area contributed by atoms with Crippen molar-refractivity contribution >= 4 is 11.9 Å². The van der Waals surface area contributed by atoms with Crippen LogP contribution in [0.5, 0.6) is 0 Å². The largest absolute Gasteiger partial charge is 0.462 e. The summed E-state index contributed by atoms with van der Waals surface area (Å²) in [7, 11) is 0. The Balaban J connectivity index is 3.77. The molecule has 0 rings (SSSR count). The van der Waals surface area contributed by atoms with Crippen molar-refractivity contribution in [3.63, 3.8) is 0 Å². The Morgan fingerprint density at radius 3 is 0.861 bits per heavy atom. The summed E-state index contributed by atoms with van der Waals surface area (Å²) in [5.41, 5.74) is 0. The molecule has 5 nitrogen and oxygen atoms in total. The number of allylic oxidation sites excluding steroid dienone is 34.